The van der Waals surface area contributed by atoms with Crippen molar-refractivity contribution >= 4 is 38.4 Å². The Morgan fingerprint density at radius 2 is 2.11 bits per heavy atom. The predicted octanol–water partition coefficient (Wildman–Crippen LogP) is 2.91. The minimum atomic E-state index is -1.21. The van der Waals surface area contributed by atoms with Crippen molar-refractivity contribution in [2.45, 2.75) is 6.92 Å². The molecule has 1 heterocycles. The normalized spacial score (nSPS) is 10.6. The first-order valence-corrected chi connectivity index (χ1v) is 5.68. The van der Waals surface area contributed by atoms with Gasteiger partial charge in [0.1, 0.15) is 0 Å². The number of carbonyl (C=O) groups is 1. The summed E-state index contributed by atoms with van der Waals surface area (Å²) in [6, 6.07) is 2.87. The van der Waals surface area contributed by atoms with Crippen LogP contribution in [0, 0.1) is 17.0 Å². The van der Waals surface area contributed by atoms with Gasteiger partial charge < -0.3 is 5.11 Å². The molecule has 18 heavy (non-hydrogen) atoms. The molecule has 0 aliphatic heterocycles. The van der Waals surface area contributed by atoms with Crippen molar-refractivity contribution in [2.24, 2.45) is 0 Å². The van der Waals surface area contributed by atoms with E-state index in [1.165, 1.54) is 18.3 Å². The maximum atomic E-state index is 11.1. The smallest absolute Gasteiger partial charge is 0.355 e. The highest BCUT2D eigenvalue weighted by Crippen LogP contribution is 2.35. The van der Waals surface area contributed by atoms with Gasteiger partial charge in [-0.25, -0.2) is 9.78 Å². The highest BCUT2D eigenvalue weighted by molar-refractivity contribution is 9.10. The van der Waals surface area contributed by atoms with Crippen LogP contribution in [0.2, 0.25) is 0 Å². The Balaban J connectivity index is 3.04. The molecule has 0 aliphatic rings. The fraction of sp³-hybridized carbons (Fsp3) is 0.0909. The number of hydrogen-bond donors (Lipinski definition) is 1. The first-order valence-electron chi connectivity index (χ1n) is 4.89. The number of aromatic nitrogens is 1. The molecule has 0 amide bonds. The van der Waals surface area contributed by atoms with Crippen molar-refractivity contribution in [2.75, 3.05) is 0 Å². The lowest BCUT2D eigenvalue weighted by atomic mass is 10.0. The third-order valence-electron chi connectivity index (χ3n) is 2.57. The average molecular weight is 311 g/mol. The molecule has 0 atom stereocenters. The summed E-state index contributed by atoms with van der Waals surface area (Å²) in [5.41, 5.74) is 0.295. The lowest BCUT2D eigenvalue weighted by molar-refractivity contribution is -0.383. The molecule has 2 aromatic rings. The monoisotopic (exact) mass is 310 g/mol. The quantitative estimate of drug-likeness (QED) is 0.680. The zero-order valence-corrected chi connectivity index (χ0v) is 10.8. The summed E-state index contributed by atoms with van der Waals surface area (Å²) in [5, 5.41) is 20.6. The summed E-state index contributed by atoms with van der Waals surface area (Å²) in [4.78, 5) is 25.3. The number of nitrogens with zero attached hydrogens (tertiary/aromatic N) is 2. The van der Waals surface area contributed by atoms with Crippen LogP contribution in [0.5, 0.6) is 0 Å². The Labute approximate surface area is 110 Å². The molecule has 92 valence electrons. The van der Waals surface area contributed by atoms with Gasteiger partial charge in [-0.15, -0.1) is 0 Å². The third-order valence-corrected chi connectivity index (χ3v) is 3.17. The summed E-state index contributed by atoms with van der Waals surface area (Å²) in [6.45, 7) is 1.69. The van der Waals surface area contributed by atoms with E-state index in [2.05, 4.69) is 20.9 Å². The van der Waals surface area contributed by atoms with Crippen LogP contribution in [0.4, 0.5) is 5.69 Å². The summed E-state index contributed by atoms with van der Waals surface area (Å²) >= 11 is 3.17. The summed E-state index contributed by atoms with van der Waals surface area (Å²) in [7, 11) is 0. The van der Waals surface area contributed by atoms with Crippen LogP contribution in [0.15, 0.2) is 22.8 Å². The van der Waals surface area contributed by atoms with E-state index >= 15 is 0 Å². The van der Waals surface area contributed by atoms with Crippen LogP contribution in [0.3, 0.4) is 0 Å². The molecule has 1 aromatic heterocycles. The number of nitro groups is 1. The van der Waals surface area contributed by atoms with Crippen LogP contribution in [0.1, 0.15) is 16.1 Å². The molecule has 2 rings (SSSR count). The Morgan fingerprint density at radius 1 is 1.44 bits per heavy atom. The van der Waals surface area contributed by atoms with Gasteiger partial charge in [0.2, 0.25) is 0 Å². The second kappa shape index (κ2) is 4.34. The number of nitro benzene ring substituents is 1. The molecule has 1 aromatic carbocycles. The third kappa shape index (κ3) is 1.82. The fourth-order valence-corrected chi connectivity index (χ4v) is 2.31. The van der Waals surface area contributed by atoms with Gasteiger partial charge in [0.15, 0.2) is 5.69 Å². The molecular weight excluding hydrogens is 304 g/mol. The second-order valence-electron chi connectivity index (χ2n) is 3.67. The van der Waals surface area contributed by atoms with Crippen molar-refractivity contribution in [3.05, 3.63) is 44.2 Å². The van der Waals surface area contributed by atoms with Gasteiger partial charge in [-0.1, -0.05) is 6.07 Å². The van der Waals surface area contributed by atoms with Crippen LogP contribution in [-0.2, 0) is 0 Å². The number of aromatic carboxylic acids is 1. The van der Waals surface area contributed by atoms with E-state index < -0.39 is 10.9 Å². The second-order valence-corrected chi connectivity index (χ2v) is 4.52. The summed E-state index contributed by atoms with van der Waals surface area (Å²) in [5.74, 6) is -1.21. The molecule has 0 saturated carbocycles. The number of benzene rings is 1. The summed E-state index contributed by atoms with van der Waals surface area (Å²) in [6.07, 6.45) is 1.26. The van der Waals surface area contributed by atoms with Crippen molar-refractivity contribution < 1.29 is 14.8 Å². The van der Waals surface area contributed by atoms with E-state index in [9.17, 15) is 14.9 Å². The van der Waals surface area contributed by atoms with Gasteiger partial charge in [-0.2, -0.15) is 0 Å². The molecule has 1 N–H and O–H groups in total. The Hall–Kier alpha value is -2.02. The van der Waals surface area contributed by atoms with E-state index in [1.54, 1.807) is 6.92 Å². The van der Waals surface area contributed by atoms with E-state index in [0.29, 0.717) is 10.0 Å². The van der Waals surface area contributed by atoms with Crippen LogP contribution < -0.4 is 0 Å². The number of halogens is 1. The lowest BCUT2D eigenvalue weighted by Gasteiger charge is -2.07. The molecule has 0 radical (unpaired) electrons. The molecule has 0 aliphatic carbocycles. The molecule has 6 nitrogen and oxygen atoms in total. The number of fused-ring (bicyclic) bond motifs is 1. The van der Waals surface area contributed by atoms with Gasteiger partial charge in [0.25, 0.3) is 5.69 Å². The predicted molar refractivity (Wildman–Crippen MR) is 67.8 cm³/mol. The lowest BCUT2D eigenvalue weighted by Crippen LogP contribution is -2.04. The Kier molecular flexibility index (Phi) is 3.00. The van der Waals surface area contributed by atoms with Crippen molar-refractivity contribution in [3.63, 3.8) is 0 Å². The standard InChI is InChI=1S/C11H7BrN2O4/c1-5-2-3-7(14(17)18)9-6(12)4-13-10(8(5)9)11(15)16/h2-4H,1H3,(H,15,16). The van der Waals surface area contributed by atoms with E-state index in [4.69, 9.17) is 5.11 Å². The minimum absolute atomic E-state index is 0.146. The highest BCUT2D eigenvalue weighted by atomic mass is 79.9. The van der Waals surface area contributed by atoms with E-state index in [0.717, 1.165) is 0 Å². The van der Waals surface area contributed by atoms with Crippen molar-refractivity contribution in [3.8, 4) is 0 Å². The van der Waals surface area contributed by atoms with Gasteiger partial charge in [-0.05, 0) is 28.4 Å². The first-order chi connectivity index (χ1) is 8.43. The van der Waals surface area contributed by atoms with Crippen LogP contribution in [-0.4, -0.2) is 21.0 Å². The summed E-state index contributed by atoms with van der Waals surface area (Å²) < 4.78 is 0.401. The number of hydrogen-bond acceptors (Lipinski definition) is 4. The molecular formula is C11H7BrN2O4. The number of aryl methyl sites for hydroxylation is 1. The zero-order valence-electron chi connectivity index (χ0n) is 9.18. The van der Waals surface area contributed by atoms with Gasteiger partial charge in [0.05, 0.1) is 14.8 Å². The number of pyridine rings is 1. The topological polar surface area (TPSA) is 93.3 Å². The Bertz CT molecular complexity index is 625. The molecule has 0 bridgehead atoms. The molecule has 0 unspecified atom stereocenters. The number of non-ortho nitro benzene ring substituents is 1. The van der Waals surface area contributed by atoms with Crippen molar-refractivity contribution in [1.82, 2.24) is 4.98 Å². The van der Waals surface area contributed by atoms with Crippen LogP contribution in [0.25, 0.3) is 10.8 Å². The first kappa shape index (κ1) is 12.4. The van der Waals surface area contributed by atoms with E-state index in [-0.39, 0.29) is 22.2 Å². The molecule has 7 heteroatoms. The molecule has 0 saturated heterocycles. The number of carboxylic acid groups (broad SMARTS) is 1. The highest BCUT2D eigenvalue weighted by Gasteiger charge is 2.21. The van der Waals surface area contributed by atoms with Gasteiger partial charge >= 0.3 is 5.97 Å². The molecule has 0 fully saturated rings. The minimum Gasteiger partial charge on any atom is -0.476 e. The van der Waals surface area contributed by atoms with E-state index in [1.807, 2.05) is 0 Å². The maximum absolute atomic E-state index is 11.1. The largest absolute Gasteiger partial charge is 0.476 e. The average Bonchev–Trinajstić information content (AvgIpc) is 2.29. The van der Waals surface area contributed by atoms with Gasteiger partial charge in [0, 0.05) is 17.6 Å². The zero-order chi connectivity index (χ0) is 13.4. The fourth-order valence-electron chi connectivity index (χ4n) is 1.81. The number of carboxylic acids is 1. The maximum Gasteiger partial charge on any atom is 0.355 e. The SMILES string of the molecule is Cc1ccc([N+](=O)[O-])c2c(Br)cnc(C(=O)O)c12. The van der Waals surface area contributed by atoms with Gasteiger partial charge in [-0.3, -0.25) is 10.1 Å². The Morgan fingerprint density at radius 3 is 2.67 bits per heavy atom. The number of rotatable bonds is 2. The van der Waals surface area contributed by atoms with Crippen LogP contribution >= 0.6 is 15.9 Å². The molecule has 0 spiro atoms. The van der Waals surface area contributed by atoms with Crippen molar-refractivity contribution in [1.29, 1.82) is 0 Å².